The summed E-state index contributed by atoms with van der Waals surface area (Å²) in [7, 11) is 0. The first kappa shape index (κ1) is 11.6. The van der Waals surface area contributed by atoms with Crippen LogP contribution < -0.4 is 5.32 Å². The quantitative estimate of drug-likeness (QED) is 0.438. The molecule has 2 nitrogen and oxygen atoms in total. The van der Waals surface area contributed by atoms with Crippen molar-refractivity contribution < 1.29 is 0 Å². The summed E-state index contributed by atoms with van der Waals surface area (Å²) in [6.07, 6.45) is 6.94. The Bertz CT molecular complexity index is 100. The minimum atomic E-state index is 0.920. The third-order valence-electron chi connectivity index (χ3n) is 1.71. The average Bonchev–Trinajstić information content (AvgIpc) is 2.10. The van der Waals surface area contributed by atoms with Gasteiger partial charge in [0.1, 0.15) is 0 Å². The summed E-state index contributed by atoms with van der Waals surface area (Å²) in [6, 6.07) is 0. The molecule has 0 heterocycles. The second kappa shape index (κ2) is 10.6. The van der Waals surface area contributed by atoms with E-state index >= 15 is 0 Å². The summed E-state index contributed by atoms with van der Waals surface area (Å²) >= 11 is 0. The highest BCUT2D eigenvalue weighted by Crippen LogP contribution is 1.85. The number of nitrogens with one attached hydrogen (secondary N) is 1. The molecule has 0 atom stereocenters. The molecular weight excluding hydrogens is 148 g/mol. The zero-order valence-electron chi connectivity index (χ0n) is 8.47. The van der Waals surface area contributed by atoms with Crippen LogP contribution in [0.1, 0.15) is 39.5 Å². The largest absolute Gasteiger partial charge is 0.317 e. The van der Waals surface area contributed by atoms with Gasteiger partial charge in [-0.05, 0) is 45.5 Å². The fourth-order valence-electron chi connectivity index (χ4n) is 0.966. The van der Waals surface area contributed by atoms with Gasteiger partial charge in [0.2, 0.25) is 0 Å². The highest BCUT2D eigenvalue weighted by atomic mass is 14.8. The van der Waals surface area contributed by atoms with Crippen LogP contribution in [0.3, 0.4) is 0 Å². The van der Waals surface area contributed by atoms with Crippen molar-refractivity contribution in [2.75, 3.05) is 19.6 Å². The van der Waals surface area contributed by atoms with Crippen LogP contribution in [-0.4, -0.2) is 25.8 Å². The zero-order chi connectivity index (χ0) is 9.07. The first-order valence-electron chi connectivity index (χ1n) is 5.10. The first-order chi connectivity index (χ1) is 5.91. The molecule has 0 aliphatic carbocycles. The maximum absolute atomic E-state index is 4.15. The zero-order valence-corrected chi connectivity index (χ0v) is 8.47. The van der Waals surface area contributed by atoms with Crippen LogP contribution in [0.2, 0.25) is 0 Å². The molecule has 0 saturated heterocycles. The van der Waals surface area contributed by atoms with Crippen LogP contribution >= 0.6 is 0 Å². The van der Waals surface area contributed by atoms with Crippen LogP contribution in [0.15, 0.2) is 4.99 Å². The van der Waals surface area contributed by atoms with E-state index in [1.54, 1.807) is 0 Å². The first-order valence-corrected chi connectivity index (χ1v) is 5.10. The SMILES string of the molecule is CCCCNCCCC=NCC. The topological polar surface area (TPSA) is 24.4 Å². The van der Waals surface area contributed by atoms with E-state index in [2.05, 4.69) is 24.2 Å². The van der Waals surface area contributed by atoms with E-state index in [4.69, 9.17) is 0 Å². The molecule has 0 unspecified atom stereocenters. The molecule has 0 rings (SSSR count). The molecule has 0 aromatic rings. The van der Waals surface area contributed by atoms with Crippen molar-refractivity contribution in [3.63, 3.8) is 0 Å². The Hall–Kier alpha value is -0.370. The lowest BCUT2D eigenvalue weighted by molar-refractivity contribution is 0.625. The predicted octanol–water partition coefficient (Wildman–Crippen LogP) is 2.25. The van der Waals surface area contributed by atoms with E-state index < -0.39 is 0 Å². The van der Waals surface area contributed by atoms with Crippen LogP contribution in [0.4, 0.5) is 0 Å². The van der Waals surface area contributed by atoms with E-state index in [1.807, 2.05) is 6.21 Å². The standard InChI is InChI=1S/C10H22N2/c1-3-5-8-12-10-7-6-9-11-4-2/h9,12H,3-8,10H2,1-2H3. The third kappa shape index (κ3) is 9.63. The number of hydrogen-bond donors (Lipinski definition) is 1. The van der Waals surface area contributed by atoms with E-state index in [0.717, 1.165) is 19.5 Å². The molecule has 0 aromatic heterocycles. The van der Waals surface area contributed by atoms with Gasteiger partial charge in [-0.15, -0.1) is 0 Å². The van der Waals surface area contributed by atoms with Crippen LogP contribution in [0.5, 0.6) is 0 Å². The maximum Gasteiger partial charge on any atom is 0.0357 e. The third-order valence-corrected chi connectivity index (χ3v) is 1.71. The van der Waals surface area contributed by atoms with Gasteiger partial charge < -0.3 is 5.32 Å². The monoisotopic (exact) mass is 170 g/mol. The Kier molecular flexibility index (Phi) is 10.3. The normalized spacial score (nSPS) is 11.2. The fourth-order valence-corrected chi connectivity index (χ4v) is 0.966. The van der Waals surface area contributed by atoms with Gasteiger partial charge in [-0.2, -0.15) is 0 Å². The van der Waals surface area contributed by atoms with Gasteiger partial charge in [0.05, 0.1) is 0 Å². The molecule has 0 aliphatic heterocycles. The summed E-state index contributed by atoms with van der Waals surface area (Å²) in [6.45, 7) is 7.51. The smallest absolute Gasteiger partial charge is 0.0357 e. The molecule has 72 valence electrons. The minimum absolute atomic E-state index is 0.920. The Labute approximate surface area is 76.5 Å². The summed E-state index contributed by atoms with van der Waals surface area (Å²) in [5.41, 5.74) is 0. The molecule has 0 amide bonds. The number of unbranched alkanes of at least 4 members (excludes halogenated alkanes) is 2. The lowest BCUT2D eigenvalue weighted by atomic mass is 10.3. The van der Waals surface area contributed by atoms with Gasteiger partial charge in [-0.25, -0.2) is 0 Å². The molecule has 2 heteroatoms. The van der Waals surface area contributed by atoms with E-state index in [0.29, 0.717) is 0 Å². The number of rotatable bonds is 8. The van der Waals surface area contributed by atoms with Gasteiger partial charge in [0.15, 0.2) is 0 Å². The Morgan fingerprint density at radius 2 is 1.92 bits per heavy atom. The number of nitrogens with zero attached hydrogens (tertiary/aromatic N) is 1. The van der Waals surface area contributed by atoms with Crippen LogP contribution in [0.25, 0.3) is 0 Å². The summed E-state index contributed by atoms with van der Waals surface area (Å²) in [4.78, 5) is 4.15. The lowest BCUT2D eigenvalue weighted by Crippen LogP contribution is -2.16. The van der Waals surface area contributed by atoms with Gasteiger partial charge >= 0.3 is 0 Å². The number of hydrogen-bond acceptors (Lipinski definition) is 2. The van der Waals surface area contributed by atoms with Gasteiger partial charge in [-0.3, -0.25) is 4.99 Å². The van der Waals surface area contributed by atoms with Gasteiger partial charge in [-0.1, -0.05) is 13.3 Å². The highest BCUT2D eigenvalue weighted by molar-refractivity contribution is 5.56. The second-order valence-corrected chi connectivity index (χ2v) is 2.93. The summed E-state index contributed by atoms with van der Waals surface area (Å²) < 4.78 is 0. The predicted molar refractivity (Wildman–Crippen MR) is 56.0 cm³/mol. The van der Waals surface area contributed by atoms with Crippen molar-refractivity contribution in [1.29, 1.82) is 0 Å². The van der Waals surface area contributed by atoms with Crippen molar-refractivity contribution in [1.82, 2.24) is 5.32 Å². The van der Waals surface area contributed by atoms with E-state index in [9.17, 15) is 0 Å². The molecule has 0 saturated carbocycles. The van der Waals surface area contributed by atoms with E-state index in [-0.39, 0.29) is 0 Å². The van der Waals surface area contributed by atoms with Gasteiger partial charge in [0, 0.05) is 6.54 Å². The molecule has 12 heavy (non-hydrogen) atoms. The second-order valence-electron chi connectivity index (χ2n) is 2.93. The van der Waals surface area contributed by atoms with Crippen molar-refractivity contribution in [2.24, 2.45) is 4.99 Å². The Morgan fingerprint density at radius 3 is 2.58 bits per heavy atom. The molecular formula is C10H22N2. The van der Waals surface area contributed by atoms with Crippen molar-refractivity contribution in [2.45, 2.75) is 39.5 Å². The molecule has 0 aromatic carbocycles. The highest BCUT2D eigenvalue weighted by Gasteiger charge is 1.85. The van der Waals surface area contributed by atoms with Crippen molar-refractivity contribution in [3.8, 4) is 0 Å². The van der Waals surface area contributed by atoms with Crippen LogP contribution in [0, 0.1) is 0 Å². The summed E-state index contributed by atoms with van der Waals surface area (Å²) in [5, 5.41) is 3.40. The molecule has 0 radical (unpaired) electrons. The average molecular weight is 170 g/mol. The molecule has 0 spiro atoms. The van der Waals surface area contributed by atoms with Crippen molar-refractivity contribution in [3.05, 3.63) is 0 Å². The molecule has 0 bridgehead atoms. The maximum atomic E-state index is 4.15. The van der Waals surface area contributed by atoms with E-state index in [1.165, 1.54) is 25.8 Å². The minimum Gasteiger partial charge on any atom is -0.317 e. The van der Waals surface area contributed by atoms with Gasteiger partial charge in [0.25, 0.3) is 0 Å². The molecule has 1 N–H and O–H groups in total. The fraction of sp³-hybridized carbons (Fsp3) is 0.900. The Balaban J connectivity index is 2.86. The van der Waals surface area contributed by atoms with Crippen molar-refractivity contribution >= 4 is 6.21 Å². The molecule has 0 aliphatic rings. The lowest BCUT2D eigenvalue weighted by Gasteiger charge is -2.00. The Morgan fingerprint density at radius 1 is 1.17 bits per heavy atom. The van der Waals surface area contributed by atoms with Crippen LogP contribution in [-0.2, 0) is 0 Å². The molecule has 0 fully saturated rings. The summed E-state index contributed by atoms with van der Waals surface area (Å²) in [5.74, 6) is 0. The number of aliphatic imine (C=N–C) groups is 1.